The Kier molecular flexibility index (Phi) is 5.11. The molecular weight excluding hydrogens is 361 g/mol. The van der Waals surface area contributed by atoms with Crippen LogP contribution < -0.4 is 10.1 Å². The molecule has 27 heavy (non-hydrogen) atoms. The van der Waals surface area contributed by atoms with E-state index in [0.717, 1.165) is 12.1 Å². The molecule has 0 aliphatic rings. The van der Waals surface area contributed by atoms with Gasteiger partial charge in [-0.1, -0.05) is 18.2 Å². The zero-order valence-corrected chi connectivity index (χ0v) is 14.1. The van der Waals surface area contributed by atoms with Crippen molar-refractivity contribution in [3.05, 3.63) is 66.7 Å². The third kappa shape index (κ3) is 4.43. The van der Waals surface area contributed by atoms with Gasteiger partial charge in [-0.15, -0.1) is 0 Å². The van der Waals surface area contributed by atoms with E-state index in [-0.39, 0.29) is 11.4 Å². The molecule has 0 saturated heterocycles. The standard InChI is InChI=1S/C18H15F3N4O2/c1-12(27-14-5-3-2-4-6-14)17(26)24-15-9-13(18(19,20)21)7-8-16(15)25-11-22-10-23-25/h2-12H,1H3,(H,24,26)/t12-/m0/s1. The van der Waals surface area contributed by atoms with Gasteiger partial charge in [0, 0.05) is 0 Å². The van der Waals surface area contributed by atoms with Gasteiger partial charge in [0.15, 0.2) is 6.10 Å². The number of ether oxygens (including phenoxy) is 1. The van der Waals surface area contributed by atoms with Gasteiger partial charge in [0.25, 0.3) is 5.91 Å². The van der Waals surface area contributed by atoms with Crippen molar-refractivity contribution in [2.75, 3.05) is 5.32 Å². The number of nitrogens with zero attached hydrogens (tertiary/aromatic N) is 3. The Morgan fingerprint density at radius 1 is 1.19 bits per heavy atom. The second-order valence-corrected chi connectivity index (χ2v) is 5.63. The van der Waals surface area contributed by atoms with Crippen molar-refractivity contribution < 1.29 is 22.7 Å². The monoisotopic (exact) mass is 376 g/mol. The third-order valence-electron chi connectivity index (χ3n) is 3.67. The van der Waals surface area contributed by atoms with Crippen LogP contribution in [-0.4, -0.2) is 26.8 Å². The van der Waals surface area contributed by atoms with E-state index in [4.69, 9.17) is 4.74 Å². The minimum Gasteiger partial charge on any atom is -0.481 e. The number of para-hydroxylation sites is 1. The molecule has 0 saturated carbocycles. The summed E-state index contributed by atoms with van der Waals surface area (Å²) in [4.78, 5) is 16.2. The van der Waals surface area contributed by atoms with Crippen LogP contribution in [0.4, 0.5) is 18.9 Å². The molecule has 0 fully saturated rings. The van der Waals surface area contributed by atoms with E-state index in [1.54, 1.807) is 30.3 Å². The number of benzene rings is 2. The molecule has 0 bridgehead atoms. The van der Waals surface area contributed by atoms with Crippen molar-refractivity contribution in [2.24, 2.45) is 0 Å². The molecule has 0 spiro atoms. The van der Waals surface area contributed by atoms with E-state index in [1.165, 1.54) is 30.3 Å². The molecule has 1 amide bonds. The van der Waals surface area contributed by atoms with Crippen LogP contribution in [0.3, 0.4) is 0 Å². The Bertz CT molecular complexity index is 912. The summed E-state index contributed by atoms with van der Waals surface area (Å²) in [6, 6.07) is 11.6. The lowest BCUT2D eigenvalue weighted by Gasteiger charge is -2.17. The summed E-state index contributed by atoms with van der Waals surface area (Å²) in [6.07, 6.45) is -2.91. The first kappa shape index (κ1) is 18.4. The first-order valence-electron chi connectivity index (χ1n) is 7.93. The molecule has 9 heteroatoms. The first-order chi connectivity index (χ1) is 12.8. The Morgan fingerprint density at radius 3 is 2.56 bits per heavy atom. The molecule has 2 aromatic carbocycles. The van der Waals surface area contributed by atoms with Gasteiger partial charge in [0.1, 0.15) is 18.4 Å². The number of alkyl halides is 3. The number of carbonyl (C=O) groups is 1. The number of nitrogens with one attached hydrogen (secondary N) is 1. The van der Waals surface area contributed by atoms with Gasteiger partial charge in [0.05, 0.1) is 16.9 Å². The Balaban J connectivity index is 1.86. The SMILES string of the molecule is C[C@H](Oc1ccccc1)C(=O)Nc1cc(C(F)(F)F)ccc1-n1cncn1. The van der Waals surface area contributed by atoms with Gasteiger partial charge in [-0.05, 0) is 37.3 Å². The number of amides is 1. The highest BCUT2D eigenvalue weighted by Gasteiger charge is 2.31. The quantitative estimate of drug-likeness (QED) is 0.737. The van der Waals surface area contributed by atoms with Crippen molar-refractivity contribution in [3.63, 3.8) is 0 Å². The molecule has 1 N–H and O–H groups in total. The summed E-state index contributed by atoms with van der Waals surface area (Å²) >= 11 is 0. The number of anilines is 1. The maximum Gasteiger partial charge on any atom is 0.416 e. The fourth-order valence-electron chi connectivity index (χ4n) is 2.34. The highest BCUT2D eigenvalue weighted by atomic mass is 19.4. The zero-order valence-electron chi connectivity index (χ0n) is 14.1. The topological polar surface area (TPSA) is 69.0 Å². The average molecular weight is 376 g/mol. The summed E-state index contributed by atoms with van der Waals surface area (Å²) in [6.45, 7) is 1.51. The molecule has 0 unspecified atom stereocenters. The molecule has 140 valence electrons. The van der Waals surface area contributed by atoms with Crippen LogP contribution in [0.5, 0.6) is 5.75 Å². The second kappa shape index (κ2) is 7.48. The van der Waals surface area contributed by atoms with Gasteiger partial charge in [0.2, 0.25) is 0 Å². The number of halogens is 3. The molecule has 0 radical (unpaired) electrons. The summed E-state index contributed by atoms with van der Waals surface area (Å²) in [7, 11) is 0. The molecule has 3 rings (SSSR count). The lowest BCUT2D eigenvalue weighted by atomic mass is 10.1. The normalized spacial score (nSPS) is 12.4. The van der Waals surface area contributed by atoms with Gasteiger partial charge in [-0.25, -0.2) is 9.67 Å². The second-order valence-electron chi connectivity index (χ2n) is 5.63. The summed E-state index contributed by atoms with van der Waals surface area (Å²) in [5.74, 6) is -0.125. The first-order valence-corrected chi connectivity index (χ1v) is 7.93. The van der Waals surface area contributed by atoms with Crippen LogP contribution in [0.1, 0.15) is 12.5 Å². The molecule has 1 aromatic heterocycles. The maximum absolute atomic E-state index is 13.1. The lowest BCUT2D eigenvalue weighted by Crippen LogP contribution is -2.30. The van der Waals surface area contributed by atoms with E-state index in [0.29, 0.717) is 5.75 Å². The Labute approximate surface area is 152 Å². The van der Waals surface area contributed by atoms with Crippen LogP contribution in [0.15, 0.2) is 61.2 Å². The van der Waals surface area contributed by atoms with Gasteiger partial charge >= 0.3 is 6.18 Å². The van der Waals surface area contributed by atoms with Crippen LogP contribution in [0, 0.1) is 0 Å². The number of hydrogen-bond acceptors (Lipinski definition) is 4. The lowest BCUT2D eigenvalue weighted by molar-refractivity contribution is -0.137. The number of rotatable bonds is 5. The number of carbonyl (C=O) groups excluding carboxylic acids is 1. The van der Waals surface area contributed by atoms with E-state index in [1.807, 2.05) is 0 Å². The summed E-state index contributed by atoms with van der Waals surface area (Å²) < 4.78 is 45.9. The van der Waals surface area contributed by atoms with Crippen molar-refractivity contribution >= 4 is 11.6 Å². The van der Waals surface area contributed by atoms with Gasteiger partial charge < -0.3 is 10.1 Å². The molecule has 0 aliphatic carbocycles. The smallest absolute Gasteiger partial charge is 0.416 e. The number of aromatic nitrogens is 3. The maximum atomic E-state index is 13.1. The van der Waals surface area contributed by atoms with E-state index in [9.17, 15) is 18.0 Å². The molecule has 6 nitrogen and oxygen atoms in total. The molecular formula is C18H15F3N4O2. The van der Waals surface area contributed by atoms with Crippen molar-refractivity contribution in [2.45, 2.75) is 19.2 Å². The molecule has 3 aromatic rings. The van der Waals surface area contributed by atoms with Crippen molar-refractivity contribution in [3.8, 4) is 11.4 Å². The van der Waals surface area contributed by atoms with Gasteiger partial charge in [-0.3, -0.25) is 4.79 Å². The van der Waals surface area contributed by atoms with Crippen LogP contribution in [-0.2, 0) is 11.0 Å². The van der Waals surface area contributed by atoms with E-state index >= 15 is 0 Å². The average Bonchev–Trinajstić information content (AvgIpc) is 3.16. The van der Waals surface area contributed by atoms with Crippen LogP contribution in [0.25, 0.3) is 5.69 Å². The number of hydrogen-bond donors (Lipinski definition) is 1. The minimum atomic E-state index is -4.55. The highest BCUT2D eigenvalue weighted by molar-refractivity contribution is 5.96. The van der Waals surface area contributed by atoms with E-state index < -0.39 is 23.8 Å². The summed E-state index contributed by atoms with van der Waals surface area (Å²) in [5, 5.41) is 6.38. The predicted octanol–water partition coefficient (Wildman–Crippen LogP) is 3.69. The Hall–Kier alpha value is -3.36. The molecule has 0 aliphatic heterocycles. The van der Waals surface area contributed by atoms with E-state index in [2.05, 4.69) is 15.4 Å². The van der Waals surface area contributed by atoms with Crippen molar-refractivity contribution in [1.29, 1.82) is 0 Å². The van der Waals surface area contributed by atoms with Crippen molar-refractivity contribution in [1.82, 2.24) is 14.8 Å². The minimum absolute atomic E-state index is 0.0520. The largest absolute Gasteiger partial charge is 0.481 e. The summed E-state index contributed by atoms with van der Waals surface area (Å²) in [5.41, 5.74) is -0.692. The van der Waals surface area contributed by atoms with Crippen LogP contribution in [0.2, 0.25) is 0 Å². The molecule has 1 atom stereocenters. The van der Waals surface area contributed by atoms with Crippen LogP contribution >= 0.6 is 0 Å². The highest BCUT2D eigenvalue weighted by Crippen LogP contribution is 2.33. The molecule has 1 heterocycles. The predicted molar refractivity (Wildman–Crippen MR) is 91.5 cm³/mol. The fourth-order valence-corrected chi connectivity index (χ4v) is 2.34. The Morgan fingerprint density at radius 2 is 1.93 bits per heavy atom. The fraction of sp³-hybridized carbons (Fsp3) is 0.167. The van der Waals surface area contributed by atoms with Gasteiger partial charge in [-0.2, -0.15) is 18.3 Å². The zero-order chi connectivity index (χ0) is 19.4. The third-order valence-corrected chi connectivity index (χ3v) is 3.67.